The molecule has 316 valence electrons. The van der Waals surface area contributed by atoms with E-state index in [-0.39, 0.29) is 6.71 Å². The van der Waals surface area contributed by atoms with Crippen LogP contribution in [0.3, 0.4) is 0 Å². The van der Waals surface area contributed by atoms with Gasteiger partial charge in [-0.15, -0.1) is 10.0 Å². The van der Waals surface area contributed by atoms with Crippen LogP contribution in [-0.4, -0.2) is 6.71 Å². The van der Waals surface area contributed by atoms with Crippen LogP contribution >= 0.6 is 17.9 Å². The van der Waals surface area contributed by atoms with E-state index in [0.717, 1.165) is 28.6 Å². The van der Waals surface area contributed by atoms with Crippen molar-refractivity contribution in [1.29, 1.82) is 0 Å². The van der Waals surface area contributed by atoms with E-state index in [4.69, 9.17) is 4.74 Å². The summed E-state index contributed by atoms with van der Waals surface area (Å²) in [4.78, 5) is 7.91. The molecule has 0 saturated carbocycles. The van der Waals surface area contributed by atoms with E-state index in [0.29, 0.717) is 0 Å². The maximum atomic E-state index is 6.42. The fourth-order valence-corrected chi connectivity index (χ4v) is 18.7. The van der Waals surface area contributed by atoms with Crippen molar-refractivity contribution < 1.29 is 4.74 Å². The molecule has 2 aliphatic heterocycles. The lowest BCUT2D eigenvalue weighted by Crippen LogP contribution is -2.56. The maximum absolute atomic E-state index is 6.42. The van der Waals surface area contributed by atoms with Crippen LogP contribution in [0.25, 0.3) is 0 Å². The molecule has 0 N–H and O–H groups in total. The molecule has 0 amide bonds. The van der Waals surface area contributed by atoms with E-state index in [2.05, 4.69) is 234 Å². The summed E-state index contributed by atoms with van der Waals surface area (Å²) < 4.78 is 6.42. The molecular weight excluding hydrogens is 825 g/mol. The maximum Gasteiger partial charge on any atom is 0.242 e. The SMILES string of the molecule is Cc1cc(C)c(B(c2ccc3c(c2)P(c2ccc(N4c5ccccc5Oc5ccccc54)cc2)c2ccccc2S3(c2ccccc2)c2ccccc2)c2c(C)cc(C)cc2C)c(C)c1. The molecule has 9 aromatic carbocycles. The van der Waals surface area contributed by atoms with Crippen molar-refractivity contribution in [3.8, 4) is 11.5 Å². The van der Waals surface area contributed by atoms with Crippen LogP contribution in [0.5, 0.6) is 11.5 Å². The third kappa shape index (κ3) is 6.77. The lowest BCUT2D eigenvalue weighted by atomic mass is 9.34. The van der Waals surface area contributed by atoms with Gasteiger partial charge in [-0.2, -0.15) is 0 Å². The van der Waals surface area contributed by atoms with Crippen molar-refractivity contribution in [3.63, 3.8) is 0 Å². The molecule has 2 aliphatic rings. The van der Waals surface area contributed by atoms with Crippen LogP contribution in [0, 0.1) is 41.5 Å². The van der Waals surface area contributed by atoms with Crippen molar-refractivity contribution in [2.75, 3.05) is 4.90 Å². The number of para-hydroxylation sites is 4. The third-order valence-corrected chi connectivity index (χ3v) is 20.2. The second-order valence-corrected chi connectivity index (χ2v) is 22.9. The van der Waals surface area contributed by atoms with Crippen LogP contribution in [0.2, 0.25) is 0 Å². The molecule has 0 aromatic heterocycles. The summed E-state index contributed by atoms with van der Waals surface area (Å²) in [5, 5.41) is 4.19. The van der Waals surface area contributed by atoms with Gasteiger partial charge in [0.15, 0.2) is 11.5 Å². The van der Waals surface area contributed by atoms with Crippen LogP contribution in [-0.2, 0) is 0 Å². The quantitative estimate of drug-likeness (QED) is 0.117. The Bertz CT molecular complexity index is 3090. The third-order valence-electron chi connectivity index (χ3n) is 13.4. The first kappa shape index (κ1) is 41.2. The zero-order valence-corrected chi connectivity index (χ0v) is 39.6. The molecular formula is C60H51BNOPS. The zero-order chi connectivity index (χ0) is 44.4. The summed E-state index contributed by atoms with van der Waals surface area (Å²) in [5.41, 5.74) is 15.3. The largest absolute Gasteiger partial charge is 0.453 e. The molecule has 1 unspecified atom stereocenters. The zero-order valence-electron chi connectivity index (χ0n) is 37.8. The number of benzene rings is 9. The van der Waals surface area contributed by atoms with Gasteiger partial charge in [0.05, 0.1) is 11.4 Å². The summed E-state index contributed by atoms with van der Waals surface area (Å²) in [6.45, 7) is 13.8. The number of rotatable bonds is 7. The lowest BCUT2D eigenvalue weighted by Gasteiger charge is -2.49. The normalized spacial score (nSPS) is 14.9. The second-order valence-electron chi connectivity index (χ2n) is 17.7. The van der Waals surface area contributed by atoms with Crippen LogP contribution < -0.4 is 41.9 Å². The van der Waals surface area contributed by atoms with E-state index >= 15 is 0 Å². The summed E-state index contributed by atoms with van der Waals surface area (Å²) in [7, 11) is -2.94. The molecule has 0 fully saturated rings. The molecule has 65 heavy (non-hydrogen) atoms. The van der Waals surface area contributed by atoms with Gasteiger partial charge in [0, 0.05) is 25.3 Å². The predicted octanol–water partition coefficient (Wildman–Crippen LogP) is 13.0. The van der Waals surface area contributed by atoms with Gasteiger partial charge in [-0.3, -0.25) is 0 Å². The summed E-state index contributed by atoms with van der Waals surface area (Å²) in [5.74, 6) is 1.72. The van der Waals surface area contributed by atoms with E-state index < -0.39 is 17.9 Å². The summed E-state index contributed by atoms with van der Waals surface area (Å²) in [6, 6.07) is 75.5. The average molecular weight is 876 g/mol. The Morgan fingerprint density at radius 3 is 1.43 bits per heavy atom. The molecule has 11 rings (SSSR count). The molecule has 2 heterocycles. The Hall–Kier alpha value is -6.58. The Kier molecular flexibility index (Phi) is 10.4. The number of fused-ring (bicyclic) bond motifs is 4. The van der Waals surface area contributed by atoms with Crippen LogP contribution in [0.1, 0.15) is 33.4 Å². The Balaban J connectivity index is 1.19. The summed E-state index contributed by atoms with van der Waals surface area (Å²) in [6.07, 6.45) is 0. The van der Waals surface area contributed by atoms with Crippen molar-refractivity contribution >= 4 is 74.0 Å². The number of hydrogen-bond acceptors (Lipinski definition) is 2. The molecule has 0 radical (unpaired) electrons. The number of hydrogen-bond donors (Lipinski definition) is 0. The molecule has 1 atom stereocenters. The van der Waals surface area contributed by atoms with Crippen molar-refractivity contribution in [1.82, 2.24) is 0 Å². The number of anilines is 3. The first-order valence-electron chi connectivity index (χ1n) is 22.6. The van der Waals surface area contributed by atoms with Gasteiger partial charge in [0.2, 0.25) is 6.71 Å². The van der Waals surface area contributed by atoms with Crippen LogP contribution in [0.4, 0.5) is 17.1 Å². The average Bonchev–Trinajstić information content (AvgIpc) is 3.32. The fraction of sp³-hybridized carbons (Fsp3) is 0.100. The molecule has 0 bridgehead atoms. The Labute approximate surface area is 387 Å². The Morgan fingerprint density at radius 1 is 0.431 bits per heavy atom. The lowest BCUT2D eigenvalue weighted by molar-refractivity contribution is 0.477. The second kappa shape index (κ2) is 16.4. The first-order valence-corrected chi connectivity index (χ1v) is 25.6. The van der Waals surface area contributed by atoms with E-state index in [1.54, 1.807) is 0 Å². The van der Waals surface area contributed by atoms with Gasteiger partial charge in [0.1, 0.15) is 0 Å². The smallest absolute Gasteiger partial charge is 0.242 e. The molecule has 5 heteroatoms. The van der Waals surface area contributed by atoms with Gasteiger partial charge < -0.3 is 9.64 Å². The molecule has 0 spiro atoms. The number of ether oxygens (including phenoxy) is 1. The minimum atomic E-state index is -1.93. The summed E-state index contributed by atoms with van der Waals surface area (Å²) >= 11 is 0. The van der Waals surface area contributed by atoms with E-state index in [1.165, 1.54) is 85.3 Å². The van der Waals surface area contributed by atoms with Crippen molar-refractivity contribution in [3.05, 3.63) is 234 Å². The predicted molar refractivity (Wildman–Crippen MR) is 279 cm³/mol. The fourth-order valence-electron chi connectivity index (χ4n) is 11.0. The highest BCUT2D eigenvalue weighted by molar-refractivity contribution is 8.34. The number of aryl methyl sites for hydroxylation is 6. The topological polar surface area (TPSA) is 12.5 Å². The van der Waals surface area contributed by atoms with Gasteiger partial charge in [-0.05, 0) is 138 Å². The highest BCUT2D eigenvalue weighted by Crippen LogP contribution is 2.76. The van der Waals surface area contributed by atoms with Gasteiger partial charge in [-0.1, -0.05) is 177 Å². The Morgan fingerprint density at radius 2 is 0.892 bits per heavy atom. The van der Waals surface area contributed by atoms with Gasteiger partial charge in [-0.25, -0.2) is 0 Å². The highest BCUT2D eigenvalue weighted by atomic mass is 32.3. The van der Waals surface area contributed by atoms with Crippen molar-refractivity contribution in [2.24, 2.45) is 0 Å². The minimum absolute atomic E-state index is 0.0530. The van der Waals surface area contributed by atoms with Gasteiger partial charge >= 0.3 is 0 Å². The standard InChI is InChI=1S/C60H51BNOPS/c1-40-35-42(3)59(43(4)36-40)61(60-44(5)37-41(2)38-45(60)6)46-29-34-58-56(39-46)64(55-27-17-18-28-57(55)65(58,49-19-9-7-10-20-49)50-21-11-8-12-22-50)48-32-30-47(31-33-48)62-51-23-13-15-25-53(51)63-54-26-16-14-24-52(54)62/h7-39H,1-6H3. The van der Waals surface area contributed by atoms with E-state index in [1.807, 2.05) is 12.1 Å². The van der Waals surface area contributed by atoms with E-state index in [9.17, 15) is 0 Å². The van der Waals surface area contributed by atoms with Crippen LogP contribution in [0.15, 0.2) is 220 Å². The minimum Gasteiger partial charge on any atom is -0.453 e. The monoisotopic (exact) mass is 875 g/mol. The molecule has 2 nitrogen and oxygen atoms in total. The first-order chi connectivity index (χ1) is 31.7. The molecule has 0 aliphatic carbocycles. The highest BCUT2D eigenvalue weighted by Gasteiger charge is 2.44. The molecule has 9 aromatic rings. The van der Waals surface area contributed by atoms with Crippen molar-refractivity contribution in [2.45, 2.75) is 61.1 Å². The molecule has 0 saturated heterocycles. The number of nitrogens with zero attached hydrogens (tertiary/aromatic N) is 1. The van der Waals surface area contributed by atoms with Gasteiger partial charge in [0.25, 0.3) is 0 Å².